The van der Waals surface area contributed by atoms with Crippen molar-refractivity contribution < 1.29 is 24.5 Å². The van der Waals surface area contributed by atoms with E-state index < -0.39 is 17.4 Å². The Labute approximate surface area is 187 Å². The van der Waals surface area contributed by atoms with Crippen LogP contribution in [0.15, 0.2) is 54.6 Å². The molecule has 32 heavy (non-hydrogen) atoms. The molecule has 2 N–H and O–H groups in total. The van der Waals surface area contributed by atoms with Gasteiger partial charge in [-0.1, -0.05) is 31.2 Å². The van der Waals surface area contributed by atoms with Crippen LogP contribution in [0.25, 0.3) is 0 Å². The van der Waals surface area contributed by atoms with Crippen LogP contribution < -0.4 is 14.5 Å². The number of carbonyl (C=O) groups is 2. The molecule has 2 heterocycles. The molecule has 0 saturated carbocycles. The molecule has 2 aliphatic heterocycles. The normalized spacial score (nSPS) is 21.1. The van der Waals surface area contributed by atoms with Crippen LogP contribution in [0.5, 0.6) is 5.75 Å². The molecule has 2 atom stereocenters. The first-order chi connectivity index (χ1) is 15.4. The van der Waals surface area contributed by atoms with Gasteiger partial charge in [-0.3, -0.25) is 9.59 Å². The van der Waals surface area contributed by atoms with Crippen LogP contribution in [0.3, 0.4) is 0 Å². The Bertz CT molecular complexity index is 1070. The van der Waals surface area contributed by atoms with E-state index in [-0.39, 0.29) is 19.1 Å². The number of hydrogen-bond acceptors (Lipinski definition) is 5. The van der Waals surface area contributed by atoms with Gasteiger partial charge in [-0.2, -0.15) is 0 Å². The van der Waals surface area contributed by atoms with E-state index in [1.165, 1.54) is 0 Å². The number of nitrogens with zero attached hydrogens (tertiary/aromatic N) is 2. The van der Waals surface area contributed by atoms with Gasteiger partial charge in [0.1, 0.15) is 5.75 Å². The zero-order valence-corrected chi connectivity index (χ0v) is 18.3. The highest BCUT2D eigenvalue weighted by molar-refractivity contribution is 6.07. The second-order valence-electron chi connectivity index (χ2n) is 8.24. The van der Waals surface area contributed by atoms with Crippen molar-refractivity contribution in [3.05, 3.63) is 65.7 Å². The van der Waals surface area contributed by atoms with Gasteiger partial charge in [-0.05, 0) is 42.3 Å². The maximum absolute atomic E-state index is 13.6. The summed E-state index contributed by atoms with van der Waals surface area (Å²) in [5, 5.41) is 20.7. The Morgan fingerprint density at radius 2 is 2.03 bits per heavy atom. The lowest BCUT2D eigenvalue weighted by Crippen LogP contribution is -2.44. The quantitative estimate of drug-likeness (QED) is 0.491. The SMILES string of the molecule is COc1ccc2c(c1)[C@](O)([C@@H](C)/C=C/CCO)C(=O)N2Cc1cccc(N2CCC2=O)c1. The van der Waals surface area contributed by atoms with Crippen LogP contribution in [0, 0.1) is 5.92 Å². The first kappa shape index (κ1) is 22.0. The summed E-state index contributed by atoms with van der Waals surface area (Å²) in [4.78, 5) is 28.7. The van der Waals surface area contributed by atoms with Crippen LogP contribution in [0.2, 0.25) is 0 Å². The van der Waals surface area contributed by atoms with E-state index in [0.29, 0.717) is 36.4 Å². The molecule has 2 amide bonds. The maximum Gasteiger partial charge on any atom is 0.264 e. The van der Waals surface area contributed by atoms with E-state index in [1.807, 2.05) is 24.3 Å². The third-order valence-electron chi connectivity index (χ3n) is 6.27. The molecule has 0 aromatic heterocycles. The first-order valence-corrected chi connectivity index (χ1v) is 10.8. The minimum absolute atomic E-state index is 0.00198. The summed E-state index contributed by atoms with van der Waals surface area (Å²) in [6.07, 6.45) is 4.53. The predicted molar refractivity (Wildman–Crippen MR) is 121 cm³/mol. The molecule has 0 bridgehead atoms. The van der Waals surface area contributed by atoms with Crippen LogP contribution in [-0.2, 0) is 21.7 Å². The summed E-state index contributed by atoms with van der Waals surface area (Å²) >= 11 is 0. The molecule has 0 radical (unpaired) electrons. The summed E-state index contributed by atoms with van der Waals surface area (Å²) in [6.45, 7) is 2.76. The van der Waals surface area contributed by atoms with E-state index in [1.54, 1.807) is 54.2 Å². The number of benzene rings is 2. The van der Waals surface area contributed by atoms with E-state index in [9.17, 15) is 14.7 Å². The van der Waals surface area contributed by atoms with Gasteiger partial charge in [0.15, 0.2) is 5.60 Å². The number of aliphatic hydroxyl groups is 2. The number of β-lactam (4-membered cyclic amide) rings is 1. The topological polar surface area (TPSA) is 90.3 Å². The van der Waals surface area contributed by atoms with Crippen molar-refractivity contribution >= 4 is 23.2 Å². The van der Waals surface area contributed by atoms with Gasteiger partial charge in [-0.15, -0.1) is 0 Å². The molecule has 7 nitrogen and oxygen atoms in total. The molecule has 4 rings (SSSR count). The largest absolute Gasteiger partial charge is 0.497 e. The van der Waals surface area contributed by atoms with Crippen LogP contribution in [0.4, 0.5) is 11.4 Å². The lowest BCUT2D eigenvalue weighted by molar-refractivity contribution is -0.139. The fourth-order valence-corrected chi connectivity index (χ4v) is 4.32. The highest BCUT2D eigenvalue weighted by Crippen LogP contribution is 2.47. The third-order valence-corrected chi connectivity index (χ3v) is 6.27. The summed E-state index contributed by atoms with van der Waals surface area (Å²) < 4.78 is 5.34. The number of anilines is 2. The molecule has 1 saturated heterocycles. The first-order valence-electron chi connectivity index (χ1n) is 10.8. The van der Waals surface area contributed by atoms with Crippen molar-refractivity contribution in [1.29, 1.82) is 0 Å². The number of rotatable bonds is 8. The van der Waals surface area contributed by atoms with Crippen molar-refractivity contribution in [1.82, 2.24) is 0 Å². The van der Waals surface area contributed by atoms with E-state index in [0.717, 1.165) is 11.3 Å². The van der Waals surface area contributed by atoms with E-state index >= 15 is 0 Å². The average Bonchev–Trinajstić information content (AvgIpc) is 3.00. The number of aliphatic hydroxyl groups excluding tert-OH is 1. The van der Waals surface area contributed by atoms with Gasteiger partial charge in [-0.25, -0.2) is 0 Å². The van der Waals surface area contributed by atoms with Crippen molar-refractivity contribution in [2.45, 2.75) is 31.9 Å². The maximum atomic E-state index is 13.6. The molecule has 0 unspecified atom stereocenters. The van der Waals surface area contributed by atoms with Crippen LogP contribution >= 0.6 is 0 Å². The number of hydrogen-bond donors (Lipinski definition) is 2. The van der Waals surface area contributed by atoms with Gasteiger partial charge in [0.25, 0.3) is 5.91 Å². The monoisotopic (exact) mass is 436 g/mol. The van der Waals surface area contributed by atoms with E-state index in [4.69, 9.17) is 9.84 Å². The van der Waals surface area contributed by atoms with E-state index in [2.05, 4.69) is 0 Å². The van der Waals surface area contributed by atoms with Crippen LogP contribution in [0.1, 0.15) is 30.9 Å². The summed E-state index contributed by atoms with van der Waals surface area (Å²) in [5.41, 5.74) is 1.06. The lowest BCUT2D eigenvalue weighted by atomic mass is 9.83. The second kappa shape index (κ2) is 8.76. The Morgan fingerprint density at radius 3 is 2.69 bits per heavy atom. The number of methoxy groups -OCH3 is 1. The third kappa shape index (κ3) is 3.67. The zero-order chi connectivity index (χ0) is 22.9. The number of carbonyl (C=O) groups excluding carboxylic acids is 2. The van der Waals surface area contributed by atoms with Gasteiger partial charge in [0.2, 0.25) is 5.91 Å². The molecular formula is C25H28N2O5. The number of amides is 2. The number of ether oxygens (including phenoxy) is 1. The fraction of sp³-hybridized carbons (Fsp3) is 0.360. The smallest absolute Gasteiger partial charge is 0.264 e. The molecule has 168 valence electrons. The summed E-state index contributed by atoms with van der Waals surface area (Å²) in [7, 11) is 1.54. The Kier molecular flexibility index (Phi) is 6.04. The van der Waals surface area contributed by atoms with Crippen LogP contribution in [-0.4, -0.2) is 42.3 Å². The summed E-state index contributed by atoms with van der Waals surface area (Å²) in [6, 6.07) is 12.8. The van der Waals surface area contributed by atoms with Gasteiger partial charge >= 0.3 is 0 Å². The highest BCUT2D eigenvalue weighted by atomic mass is 16.5. The Hall–Kier alpha value is -3.16. The summed E-state index contributed by atoms with van der Waals surface area (Å²) in [5.74, 6) is -0.272. The molecular weight excluding hydrogens is 408 g/mol. The van der Waals surface area contributed by atoms with Crippen molar-refractivity contribution in [3.8, 4) is 5.75 Å². The predicted octanol–water partition coefficient (Wildman–Crippen LogP) is 2.74. The molecule has 7 heteroatoms. The van der Waals surface area contributed by atoms with Crippen molar-refractivity contribution in [2.24, 2.45) is 5.92 Å². The van der Waals surface area contributed by atoms with Gasteiger partial charge in [0.05, 0.1) is 19.3 Å². The molecule has 0 spiro atoms. The number of fused-ring (bicyclic) bond motifs is 1. The minimum Gasteiger partial charge on any atom is -0.497 e. The molecule has 2 aliphatic rings. The Morgan fingerprint density at radius 1 is 1.22 bits per heavy atom. The fourth-order valence-electron chi connectivity index (χ4n) is 4.32. The average molecular weight is 437 g/mol. The minimum atomic E-state index is -1.75. The molecule has 2 aromatic rings. The second-order valence-corrected chi connectivity index (χ2v) is 8.24. The Balaban J connectivity index is 1.69. The molecule has 2 aromatic carbocycles. The van der Waals surface area contributed by atoms with Gasteiger partial charge < -0.3 is 24.7 Å². The zero-order valence-electron chi connectivity index (χ0n) is 18.3. The van der Waals surface area contributed by atoms with Crippen molar-refractivity contribution in [2.75, 3.05) is 30.1 Å². The van der Waals surface area contributed by atoms with Gasteiger partial charge in [0, 0.05) is 36.7 Å². The lowest BCUT2D eigenvalue weighted by Gasteiger charge is -2.31. The standard InChI is InChI=1S/C25H28N2O5/c1-17(6-3-4-13-28)25(31)21-15-20(32-2)9-10-22(21)27(24(25)30)16-18-7-5-8-19(14-18)26-12-11-23(26)29/h3,5-10,14-15,17,28,31H,4,11-13,16H2,1-2H3/b6-3+/t17-,25+/m0/s1. The van der Waals surface area contributed by atoms with Crippen molar-refractivity contribution in [3.63, 3.8) is 0 Å². The molecule has 0 aliphatic carbocycles. The molecule has 1 fully saturated rings. The highest BCUT2D eigenvalue weighted by Gasteiger charge is 2.52.